The number of carbonyl (C=O) groups is 4. The number of aromatic nitrogens is 8. The number of aryl methyl sites for hydroxylation is 4. The Morgan fingerprint density at radius 2 is 1.57 bits per heavy atom. The Bertz CT molecular complexity index is 2550. The molecule has 306 valence electrons. The van der Waals surface area contributed by atoms with Gasteiger partial charge in [-0.15, -0.1) is 0 Å². The summed E-state index contributed by atoms with van der Waals surface area (Å²) in [6.07, 6.45) is 3.61. The van der Waals surface area contributed by atoms with Gasteiger partial charge in [0.05, 0.1) is 40.8 Å². The van der Waals surface area contributed by atoms with Gasteiger partial charge in [0.25, 0.3) is 11.8 Å². The minimum Gasteiger partial charge on any atom is -0.496 e. The minimum absolute atomic E-state index is 0.204. The third kappa shape index (κ3) is 7.76. The Balaban J connectivity index is 1.25. The molecule has 5 aromatic rings. The maximum Gasteiger partial charge on any atom is 0.276 e. The average Bonchev–Trinajstić information content (AvgIpc) is 3.97. The van der Waals surface area contributed by atoms with Gasteiger partial charge in [0, 0.05) is 51.8 Å². The van der Waals surface area contributed by atoms with E-state index >= 15 is 0 Å². The summed E-state index contributed by atoms with van der Waals surface area (Å²) in [7, 11) is 1.61. The number of fused-ring (bicyclic) bond motifs is 1. The minimum atomic E-state index is -0.660. The van der Waals surface area contributed by atoms with E-state index in [0.29, 0.717) is 108 Å². The second kappa shape index (κ2) is 16.5. The van der Waals surface area contributed by atoms with Gasteiger partial charge in [-0.05, 0) is 70.9 Å². The van der Waals surface area contributed by atoms with Crippen LogP contribution in [0.25, 0.3) is 22.9 Å². The summed E-state index contributed by atoms with van der Waals surface area (Å²) in [6.45, 7) is 9.81. The van der Waals surface area contributed by atoms with Gasteiger partial charge in [0.1, 0.15) is 40.4 Å². The van der Waals surface area contributed by atoms with Crippen LogP contribution in [0.15, 0.2) is 24.3 Å². The number of primary amides is 2. The second-order valence-electron chi connectivity index (χ2n) is 14.3. The standard InChI is InChI=1S/C39H48N12O7/c1-6-49-28(14-21(3)46-49)36(54)44-38-42-26-16-23(34(40)52)18-30(57-13-9-12-56-5)32(26)48(38)11-8-10-25-20-58-31-19-24(35(41)53)17-27-33(31)51(25)39(43-27)45-37(55)29-15-22(4)47-50(29)7-2/h14-17,19,23,25H,6-13,18,20H2,1-5H3,(H2,40,52)(H2,41,53)(H,42,44,54)(H,43,45,55)/t23?,25-/m0/s1. The average molecular weight is 797 g/mol. The molecule has 1 aliphatic carbocycles. The molecule has 0 bridgehead atoms. The molecule has 2 atom stereocenters. The zero-order valence-corrected chi connectivity index (χ0v) is 33.2. The lowest BCUT2D eigenvalue weighted by Gasteiger charge is -2.27. The monoisotopic (exact) mass is 796 g/mol. The fraction of sp³-hybridized carbons (Fsp3) is 0.436. The summed E-state index contributed by atoms with van der Waals surface area (Å²) in [5.41, 5.74) is 14.9. The molecule has 19 nitrogen and oxygen atoms in total. The molecule has 4 aromatic heterocycles. The molecule has 1 unspecified atom stereocenters. The van der Waals surface area contributed by atoms with Crippen LogP contribution < -0.4 is 37.5 Å². The van der Waals surface area contributed by atoms with E-state index in [9.17, 15) is 19.2 Å². The molecule has 2 aliphatic rings. The van der Waals surface area contributed by atoms with Crippen LogP contribution in [0, 0.1) is 19.8 Å². The van der Waals surface area contributed by atoms with Gasteiger partial charge in [-0.1, -0.05) is 0 Å². The lowest BCUT2D eigenvalue weighted by molar-refractivity contribution is -0.120. The Kier molecular flexibility index (Phi) is 11.3. The summed E-state index contributed by atoms with van der Waals surface area (Å²) in [4.78, 5) is 61.7. The molecular formula is C39H48N12O7. The van der Waals surface area contributed by atoms with Gasteiger partial charge >= 0.3 is 0 Å². The summed E-state index contributed by atoms with van der Waals surface area (Å²) in [5.74, 6) is -1.10. The fourth-order valence-electron chi connectivity index (χ4n) is 7.57. The quantitative estimate of drug-likeness (QED) is 0.0988. The molecule has 0 saturated carbocycles. The van der Waals surface area contributed by atoms with E-state index < -0.39 is 23.6 Å². The van der Waals surface area contributed by atoms with Crippen LogP contribution in [-0.2, 0) is 33.9 Å². The molecular weight excluding hydrogens is 749 g/mol. The van der Waals surface area contributed by atoms with Crippen molar-refractivity contribution in [3.05, 3.63) is 63.3 Å². The van der Waals surface area contributed by atoms with Crippen molar-refractivity contribution < 1.29 is 33.4 Å². The Morgan fingerprint density at radius 1 is 0.897 bits per heavy atom. The van der Waals surface area contributed by atoms with Gasteiger partial charge < -0.3 is 34.8 Å². The van der Waals surface area contributed by atoms with Crippen molar-refractivity contribution in [2.45, 2.75) is 79.1 Å². The molecule has 0 spiro atoms. The Labute approximate surface area is 333 Å². The van der Waals surface area contributed by atoms with Gasteiger partial charge in [-0.2, -0.15) is 10.2 Å². The number of nitrogens with one attached hydrogen (secondary N) is 2. The number of anilines is 2. The van der Waals surface area contributed by atoms with Crippen LogP contribution in [0.3, 0.4) is 0 Å². The molecule has 58 heavy (non-hydrogen) atoms. The van der Waals surface area contributed by atoms with E-state index in [2.05, 4.69) is 20.8 Å². The van der Waals surface area contributed by atoms with Crippen molar-refractivity contribution in [3.63, 3.8) is 0 Å². The van der Waals surface area contributed by atoms with Crippen molar-refractivity contribution in [1.82, 2.24) is 38.7 Å². The summed E-state index contributed by atoms with van der Waals surface area (Å²) < 4.78 is 24.8. The molecule has 0 radical (unpaired) electrons. The molecule has 19 heteroatoms. The number of ether oxygens (including phenoxy) is 3. The highest BCUT2D eigenvalue weighted by atomic mass is 16.5. The maximum absolute atomic E-state index is 13.8. The summed E-state index contributed by atoms with van der Waals surface area (Å²) in [6, 6.07) is 6.27. The molecule has 4 amide bonds. The molecule has 0 fully saturated rings. The van der Waals surface area contributed by atoms with Gasteiger partial charge in [0.2, 0.25) is 23.7 Å². The number of amides is 4. The molecule has 0 saturated heterocycles. The highest BCUT2D eigenvalue weighted by Gasteiger charge is 2.31. The van der Waals surface area contributed by atoms with E-state index in [1.165, 1.54) is 0 Å². The first-order valence-electron chi connectivity index (χ1n) is 19.3. The molecule has 5 heterocycles. The van der Waals surface area contributed by atoms with E-state index in [0.717, 1.165) is 0 Å². The van der Waals surface area contributed by atoms with Crippen LogP contribution in [0.1, 0.15) is 88.3 Å². The van der Waals surface area contributed by atoms with Crippen LogP contribution in [0.5, 0.6) is 5.75 Å². The molecule has 1 aromatic carbocycles. The smallest absolute Gasteiger partial charge is 0.276 e. The highest BCUT2D eigenvalue weighted by Crippen LogP contribution is 2.39. The number of methoxy groups -OCH3 is 1. The van der Waals surface area contributed by atoms with Gasteiger partial charge in [0.15, 0.2) is 0 Å². The van der Waals surface area contributed by atoms with Crippen LogP contribution in [0.2, 0.25) is 0 Å². The van der Waals surface area contributed by atoms with Crippen molar-refractivity contribution in [2.24, 2.45) is 17.4 Å². The number of hydrogen-bond acceptors (Lipinski definition) is 11. The van der Waals surface area contributed by atoms with E-state index in [-0.39, 0.29) is 42.4 Å². The SMILES string of the molecule is CCn1nc(C)cc1C(=O)Nc1nc2c(n1CCC[C@H]1COc3cc(C(N)=O)cc4nc(NC(=O)c5cc(C)nn5CC)n1c34)=C(OCCCOC)CC(C(N)=O)C=2. The highest BCUT2D eigenvalue weighted by molar-refractivity contribution is 6.04. The number of benzene rings is 1. The lowest BCUT2D eigenvalue weighted by atomic mass is 9.99. The zero-order chi connectivity index (χ0) is 41.2. The molecule has 6 N–H and O–H groups in total. The summed E-state index contributed by atoms with van der Waals surface area (Å²) >= 11 is 0. The van der Waals surface area contributed by atoms with E-state index in [1.807, 2.05) is 36.8 Å². The van der Waals surface area contributed by atoms with Crippen molar-refractivity contribution >= 4 is 58.4 Å². The van der Waals surface area contributed by atoms with Crippen LogP contribution in [0.4, 0.5) is 11.9 Å². The van der Waals surface area contributed by atoms with Crippen molar-refractivity contribution in [3.8, 4) is 5.75 Å². The predicted octanol–water partition coefficient (Wildman–Crippen LogP) is 1.75. The predicted molar refractivity (Wildman–Crippen MR) is 212 cm³/mol. The third-order valence-electron chi connectivity index (χ3n) is 10.2. The first-order valence-corrected chi connectivity index (χ1v) is 19.3. The van der Waals surface area contributed by atoms with E-state index in [4.69, 9.17) is 35.6 Å². The van der Waals surface area contributed by atoms with Gasteiger partial charge in [-0.3, -0.25) is 39.2 Å². The molecule has 1 aliphatic heterocycles. The van der Waals surface area contributed by atoms with Crippen LogP contribution in [-0.4, -0.2) is 89.2 Å². The molecule has 7 rings (SSSR count). The number of nitrogens with two attached hydrogens (primary N) is 2. The third-order valence-corrected chi connectivity index (χ3v) is 10.2. The number of rotatable bonds is 17. The normalized spacial score (nSPS) is 15.8. The van der Waals surface area contributed by atoms with Crippen LogP contribution >= 0.6 is 0 Å². The topological polar surface area (TPSA) is 243 Å². The number of hydrogen-bond donors (Lipinski definition) is 4. The fourth-order valence-corrected chi connectivity index (χ4v) is 7.57. The zero-order valence-electron chi connectivity index (χ0n) is 33.2. The second-order valence-corrected chi connectivity index (χ2v) is 14.3. The van der Waals surface area contributed by atoms with Crippen molar-refractivity contribution in [2.75, 3.05) is 37.6 Å². The van der Waals surface area contributed by atoms with Gasteiger partial charge in [-0.25, -0.2) is 9.97 Å². The largest absolute Gasteiger partial charge is 0.496 e. The maximum atomic E-state index is 13.8. The Morgan fingerprint density at radius 3 is 2.19 bits per heavy atom. The van der Waals surface area contributed by atoms with Crippen molar-refractivity contribution in [1.29, 1.82) is 0 Å². The Hall–Kier alpha value is -6.50. The first kappa shape index (κ1) is 39.7. The summed E-state index contributed by atoms with van der Waals surface area (Å²) in [5, 5.41) is 15.9. The number of nitrogens with zero attached hydrogens (tertiary/aromatic N) is 8. The number of imidazole rings is 2. The first-order chi connectivity index (χ1) is 27.9. The van der Waals surface area contributed by atoms with E-state index in [1.54, 1.807) is 46.8 Å². The number of carbonyl (C=O) groups excluding carboxylic acids is 4. The lowest BCUT2D eigenvalue weighted by Crippen LogP contribution is -2.40.